The van der Waals surface area contributed by atoms with E-state index in [0.29, 0.717) is 18.2 Å². The van der Waals surface area contributed by atoms with Crippen LogP contribution in [0.15, 0.2) is 35.1 Å². The number of halogens is 1. The summed E-state index contributed by atoms with van der Waals surface area (Å²) in [5.74, 6) is 1.61. The summed E-state index contributed by atoms with van der Waals surface area (Å²) in [5, 5.41) is 4.62. The quantitative estimate of drug-likeness (QED) is 0.573. The molecular formula is C23H26BrN5OS. The third-order valence-electron chi connectivity index (χ3n) is 6.35. The number of hydrogen-bond donors (Lipinski definition) is 1. The highest BCUT2D eigenvalue weighted by molar-refractivity contribution is 9.10. The predicted octanol–water partition coefficient (Wildman–Crippen LogP) is 4.47. The van der Waals surface area contributed by atoms with Crippen molar-refractivity contribution in [3.8, 4) is 0 Å². The molecule has 2 aliphatic rings. The largest absolute Gasteiger partial charge is 0.340 e. The minimum absolute atomic E-state index is 0.319. The summed E-state index contributed by atoms with van der Waals surface area (Å²) >= 11 is 5.29. The van der Waals surface area contributed by atoms with E-state index >= 15 is 0 Å². The smallest absolute Gasteiger partial charge is 0.222 e. The third kappa shape index (κ3) is 4.47. The van der Waals surface area contributed by atoms with Crippen LogP contribution in [0.5, 0.6) is 0 Å². The number of anilines is 2. The van der Waals surface area contributed by atoms with Crippen LogP contribution in [0.25, 0.3) is 10.2 Å². The molecule has 1 aromatic carbocycles. The number of hydrogen-bond acceptors (Lipinski definition) is 6. The van der Waals surface area contributed by atoms with Gasteiger partial charge in [0.05, 0.1) is 5.39 Å². The van der Waals surface area contributed by atoms with E-state index in [2.05, 4.69) is 43.2 Å². The van der Waals surface area contributed by atoms with E-state index < -0.39 is 0 Å². The Balaban J connectivity index is 1.33. The first-order chi connectivity index (χ1) is 15.1. The number of fused-ring (bicyclic) bond motifs is 3. The van der Waals surface area contributed by atoms with Gasteiger partial charge in [0.1, 0.15) is 17.0 Å². The summed E-state index contributed by atoms with van der Waals surface area (Å²) in [4.78, 5) is 28.7. The molecule has 5 rings (SSSR count). The lowest BCUT2D eigenvalue weighted by molar-refractivity contribution is -0.133. The van der Waals surface area contributed by atoms with Gasteiger partial charge < -0.3 is 15.1 Å². The molecule has 8 heteroatoms. The highest BCUT2D eigenvalue weighted by Crippen LogP contribution is 2.41. The third-order valence-corrected chi connectivity index (χ3v) is 8.01. The maximum absolute atomic E-state index is 12.8. The van der Waals surface area contributed by atoms with Crippen molar-refractivity contribution in [1.82, 2.24) is 19.8 Å². The maximum Gasteiger partial charge on any atom is 0.222 e. The van der Waals surface area contributed by atoms with Gasteiger partial charge in [0, 0.05) is 47.6 Å². The predicted molar refractivity (Wildman–Crippen MR) is 129 cm³/mol. The van der Waals surface area contributed by atoms with Crippen LogP contribution in [-0.2, 0) is 17.6 Å². The second-order valence-corrected chi connectivity index (χ2v) is 10.5. The van der Waals surface area contributed by atoms with Crippen LogP contribution in [-0.4, -0.2) is 58.9 Å². The number of nitrogens with one attached hydrogen (secondary N) is 1. The standard InChI is InChI=1S/C23H26BrN5OS/c1-28-7-9-29(10-8-28)20(30)12-15-5-6-18-19(11-15)31-23-21(18)22(25-14-26-23)27-17-4-2-3-16(24)13-17/h2-4,13-15H,5-12H2,1H3,(H,25,26,27). The molecule has 0 bridgehead atoms. The van der Waals surface area contributed by atoms with Gasteiger partial charge in [-0.3, -0.25) is 4.79 Å². The van der Waals surface area contributed by atoms with Crippen molar-refractivity contribution in [2.24, 2.45) is 5.92 Å². The van der Waals surface area contributed by atoms with Gasteiger partial charge in [-0.2, -0.15) is 0 Å². The zero-order valence-corrected chi connectivity index (χ0v) is 20.0. The SMILES string of the molecule is CN1CCN(C(=O)CC2CCc3c(sc4ncnc(Nc5cccc(Br)c5)c34)C2)CC1. The normalized spacial score (nSPS) is 19.4. The van der Waals surface area contributed by atoms with Crippen molar-refractivity contribution in [2.45, 2.75) is 25.7 Å². The Labute approximate surface area is 194 Å². The minimum Gasteiger partial charge on any atom is -0.340 e. The van der Waals surface area contributed by atoms with E-state index in [-0.39, 0.29) is 0 Å². The van der Waals surface area contributed by atoms with E-state index in [9.17, 15) is 4.79 Å². The summed E-state index contributed by atoms with van der Waals surface area (Å²) in [5.41, 5.74) is 2.36. The molecule has 0 spiro atoms. The number of thiophene rings is 1. The second-order valence-electron chi connectivity index (χ2n) is 8.54. The van der Waals surface area contributed by atoms with Crippen molar-refractivity contribution in [3.63, 3.8) is 0 Å². The Kier molecular flexibility index (Phi) is 5.95. The number of likely N-dealkylation sites (N-methyl/N-ethyl adjacent to an activating group) is 1. The second kappa shape index (κ2) is 8.84. The van der Waals surface area contributed by atoms with Crippen LogP contribution < -0.4 is 5.32 Å². The van der Waals surface area contributed by atoms with Crippen LogP contribution in [0.1, 0.15) is 23.3 Å². The van der Waals surface area contributed by atoms with Crippen LogP contribution >= 0.6 is 27.3 Å². The lowest BCUT2D eigenvalue weighted by Crippen LogP contribution is -2.47. The topological polar surface area (TPSA) is 61.4 Å². The van der Waals surface area contributed by atoms with Gasteiger partial charge in [-0.1, -0.05) is 22.0 Å². The van der Waals surface area contributed by atoms with E-state index in [4.69, 9.17) is 0 Å². The fourth-order valence-corrected chi connectivity index (χ4v) is 6.28. The van der Waals surface area contributed by atoms with Crippen LogP contribution in [0.4, 0.5) is 11.5 Å². The van der Waals surface area contributed by atoms with Gasteiger partial charge in [0.25, 0.3) is 0 Å². The molecule has 0 radical (unpaired) electrons. The summed E-state index contributed by atoms with van der Waals surface area (Å²) in [6.07, 6.45) is 5.29. The molecule has 0 saturated carbocycles. The average molecular weight is 500 g/mol. The number of aryl methyl sites for hydroxylation is 1. The van der Waals surface area contributed by atoms with E-state index in [0.717, 1.165) is 71.6 Å². The summed E-state index contributed by atoms with van der Waals surface area (Å²) in [6.45, 7) is 3.67. The van der Waals surface area contributed by atoms with E-state index in [1.807, 2.05) is 29.2 Å². The van der Waals surface area contributed by atoms with Crippen molar-refractivity contribution >= 4 is 54.9 Å². The van der Waals surface area contributed by atoms with Gasteiger partial charge in [0.15, 0.2) is 0 Å². The average Bonchev–Trinajstić information content (AvgIpc) is 3.13. The van der Waals surface area contributed by atoms with Crippen LogP contribution in [0.3, 0.4) is 0 Å². The van der Waals surface area contributed by atoms with Gasteiger partial charge in [-0.25, -0.2) is 9.97 Å². The Morgan fingerprint density at radius 2 is 2.10 bits per heavy atom. The molecule has 1 atom stereocenters. The van der Waals surface area contributed by atoms with E-state index in [1.165, 1.54) is 10.4 Å². The fraction of sp³-hybridized carbons (Fsp3) is 0.435. The Bertz CT molecular complexity index is 1110. The first kappa shape index (κ1) is 20.8. The molecule has 6 nitrogen and oxygen atoms in total. The molecule has 31 heavy (non-hydrogen) atoms. The first-order valence-corrected chi connectivity index (χ1v) is 12.4. The van der Waals surface area contributed by atoms with Crippen LogP contribution in [0, 0.1) is 5.92 Å². The van der Waals surface area contributed by atoms with Crippen LogP contribution in [0.2, 0.25) is 0 Å². The van der Waals surface area contributed by atoms with Crippen molar-refractivity contribution in [3.05, 3.63) is 45.5 Å². The number of carbonyl (C=O) groups is 1. The Morgan fingerprint density at radius 1 is 1.26 bits per heavy atom. The Morgan fingerprint density at radius 3 is 2.90 bits per heavy atom. The lowest BCUT2D eigenvalue weighted by atomic mass is 9.85. The number of piperazine rings is 1. The molecule has 1 amide bonds. The van der Waals surface area contributed by atoms with Crippen molar-refractivity contribution < 1.29 is 4.79 Å². The number of amides is 1. The highest BCUT2D eigenvalue weighted by atomic mass is 79.9. The molecule has 162 valence electrons. The minimum atomic E-state index is 0.319. The van der Waals surface area contributed by atoms with E-state index in [1.54, 1.807) is 17.7 Å². The van der Waals surface area contributed by atoms with Gasteiger partial charge in [0.2, 0.25) is 5.91 Å². The van der Waals surface area contributed by atoms with Crippen molar-refractivity contribution in [1.29, 1.82) is 0 Å². The molecule has 1 unspecified atom stereocenters. The number of rotatable bonds is 4. The molecule has 3 heterocycles. The number of benzene rings is 1. The maximum atomic E-state index is 12.8. The lowest BCUT2D eigenvalue weighted by Gasteiger charge is -2.33. The highest BCUT2D eigenvalue weighted by Gasteiger charge is 2.28. The van der Waals surface area contributed by atoms with Crippen molar-refractivity contribution in [2.75, 3.05) is 38.5 Å². The molecule has 3 aromatic rings. The molecule has 1 aliphatic heterocycles. The number of carbonyl (C=O) groups excluding carboxylic acids is 1. The fourth-order valence-electron chi connectivity index (χ4n) is 4.58. The number of aromatic nitrogens is 2. The zero-order valence-electron chi connectivity index (χ0n) is 17.6. The van der Waals surface area contributed by atoms with Gasteiger partial charge >= 0.3 is 0 Å². The number of nitrogens with zero attached hydrogens (tertiary/aromatic N) is 4. The monoisotopic (exact) mass is 499 g/mol. The molecule has 1 saturated heterocycles. The summed E-state index contributed by atoms with van der Waals surface area (Å²) in [7, 11) is 2.12. The molecule has 1 N–H and O–H groups in total. The Hall–Kier alpha value is -2.03. The van der Waals surface area contributed by atoms with Gasteiger partial charge in [-0.05, 0) is 56.0 Å². The molecule has 2 aromatic heterocycles. The first-order valence-electron chi connectivity index (χ1n) is 10.8. The molecule has 1 aliphatic carbocycles. The summed E-state index contributed by atoms with van der Waals surface area (Å²) in [6, 6.07) is 8.11. The van der Waals surface area contributed by atoms with Gasteiger partial charge in [-0.15, -0.1) is 11.3 Å². The molecule has 1 fully saturated rings. The zero-order chi connectivity index (χ0) is 21.4. The molecular weight excluding hydrogens is 474 g/mol. The summed E-state index contributed by atoms with van der Waals surface area (Å²) < 4.78 is 1.03.